The fourth-order valence-corrected chi connectivity index (χ4v) is 3.80. The summed E-state index contributed by atoms with van der Waals surface area (Å²) in [6.45, 7) is 4.03. The number of aromatic amines is 1. The molecular weight excluding hydrogens is 383 g/mol. The highest BCUT2D eigenvalue weighted by molar-refractivity contribution is 7.71. The minimum Gasteiger partial charge on any atom is -0.294 e. The number of nitrogens with one attached hydrogen (secondary N) is 1. The van der Waals surface area contributed by atoms with Crippen molar-refractivity contribution in [2.24, 2.45) is 5.10 Å². The summed E-state index contributed by atoms with van der Waals surface area (Å²) < 4.78 is 17.5. The maximum Gasteiger partial charge on any atom is 0.216 e. The molecule has 0 saturated heterocycles. The minimum absolute atomic E-state index is 0.333. The third-order valence-electron chi connectivity index (χ3n) is 4.13. The number of H-pyrrole nitrogens is 1. The average Bonchev–Trinajstić information content (AvgIpc) is 3.34. The lowest BCUT2D eigenvalue weighted by Gasteiger charge is -2.04. The van der Waals surface area contributed by atoms with Crippen LogP contribution in [0.4, 0.5) is 4.39 Å². The van der Waals surface area contributed by atoms with Crippen molar-refractivity contribution in [2.75, 3.05) is 0 Å². The lowest BCUT2D eigenvalue weighted by molar-refractivity contribution is 0.628. The van der Waals surface area contributed by atoms with Crippen LogP contribution in [0, 0.1) is 24.4 Å². The molecule has 0 unspecified atom stereocenters. The molecule has 0 aliphatic rings. The van der Waals surface area contributed by atoms with Crippen LogP contribution in [0.5, 0.6) is 0 Å². The molecule has 0 radical (unpaired) electrons. The van der Waals surface area contributed by atoms with Crippen molar-refractivity contribution < 1.29 is 4.39 Å². The standard InChI is InChI=1S/C18H15FN6S2/c1-11-8-14(12(2)24(11)18-20-6-7-27-18)10-21-25-16(22-23-17(25)26)13-4-3-5-15(19)9-13/h3-10H,1-2H3,(H,23,26)/b21-10-. The Morgan fingerprint density at radius 2 is 2.15 bits per heavy atom. The predicted molar refractivity (Wildman–Crippen MR) is 107 cm³/mol. The van der Waals surface area contributed by atoms with E-state index < -0.39 is 0 Å². The molecule has 1 aromatic carbocycles. The molecule has 6 nitrogen and oxygen atoms in total. The van der Waals surface area contributed by atoms with Gasteiger partial charge >= 0.3 is 0 Å². The number of thiazole rings is 1. The van der Waals surface area contributed by atoms with Gasteiger partial charge in [0.2, 0.25) is 4.77 Å². The zero-order chi connectivity index (χ0) is 19.0. The normalized spacial score (nSPS) is 11.5. The van der Waals surface area contributed by atoms with Gasteiger partial charge in [0.05, 0.1) is 6.21 Å². The number of halogens is 1. The van der Waals surface area contributed by atoms with E-state index >= 15 is 0 Å². The molecule has 0 spiro atoms. The third-order valence-corrected chi connectivity index (χ3v) is 5.15. The molecule has 1 N–H and O–H groups in total. The lowest BCUT2D eigenvalue weighted by Crippen LogP contribution is -1.99. The Bertz CT molecular complexity index is 1180. The summed E-state index contributed by atoms with van der Waals surface area (Å²) in [5.41, 5.74) is 3.61. The molecule has 9 heteroatoms. The zero-order valence-corrected chi connectivity index (χ0v) is 16.2. The summed E-state index contributed by atoms with van der Waals surface area (Å²) in [7, 11) is 0. The van der Waals surface area contributed by atoms with Crippen LogP contribution in [0.1, 0.15) is 17.0 Å². The Morgan fingerprint density at radius 3 is 2.89 bits per heavy atom. The fourth-order valence-electron chi connectivity index (χ4n) is 2.87. The quantitative estimate of drug-likeness (QED) is 0.407. The lowest BCUT2D eigenvalue weighted by atomic mass is 10.2. The Labute approximate surface area is 163 Å². The van der Waals surface area contributed by atoms with E-state index in [1.807, 2.05) is 25.3 Å². The number of nitrogens with zero attached hydrogens (tertiary/aromatic N) is 5. The van der Waals surface area contributed by atoms with Crippen molar-refractivity contribution >= 4 is 29.8 Å². The van der Waals surface area contributed by atoms with Crippen molar-refractivity contribution in [1.29, 1.82) is 0 Å². The molecule has 0 aliphatic heterocycles. The molecule has 0 bridgehead atoms. The molecule has 3 aromatic heterocycles. The molecule has 4 rings (SSSR count). The maximum atomic E-state index is 13.6. The topological polar surface area (TPSA) is 63.8 Å². The second-order valence-electron chi connectivity index (χ2n) is 5.90. The van der Waals surface area contributed by atoms with Gasteiger partial charge in [-0.05, 0) is 44.3 Å². The summed E-state index contributed by atoms with van der Waals surface area (Å²) in [5.74, 6) is 0.105. The predicted octanol–water partition coefficient (Wildman–Crippen LogP) is 4.49. The highest BCUT2D eigenvalue weighted by Gasteiger charge is 2.12. The van der Waals surface area contributed by atoms with E-state index in [1.165, 1.54) is 16.8 Å². The van der Waals surface area contributed by atoms with Crippen LogP contribution >= 0.6 is 23.6 Å². The van der Waals surface area contributed by atoms with Crippen molar-refractivity contribution in [3.05, 3.63) is 69.4 Å². The molecular formula is C18H15FN6S2. The Kier molecular flexibility index (Phi) is 4.54. The third kappa shape index (κ3) is 3.26. The van der Waals surface area contributed by atoms with E-state index in [0.717, 1.165) is 22.1 Å². The summed E-state index contributed by atoms with van der Waals surface area (Å²) in [4.78, 5) is 4.37. The van der Waals surface area contributed by atoms with Gasteiger partial charge in [0, 0.05) is 34.1 Å². The van der Waals surface area contributed by atoms with Gasteiger partial charge in [-0.3, -0.25) is 4.57 Å². The van der Waals surface area contributed by atoms with Gasteiger partial charge in [-0.1, -0.05) is 12.1 Å². The molecule has 136 valence electrons. The fraction of sp³-hybridized carbons (Fsp3) is 0.111. The first-order valence-electron chi connectivity index (χ1n) is 8.11. The molecule has 27 heavy (non-hydrogen) atoms. The van der Waals surface area contributed by atoms with Crippen LogP contribution in [0.2, 0.25) is 0 Å². The molecule has 4 aromatic rings. The highest BCUT2D eigenvalue weighted by Crippen LogP contribution is 2.22. The molecule has 0 amide bonds. The monoisotopic (exact) mass is 398 g/mol. The first-order chi connectivity index (χ1) is 13.0. The van der Waals surface area contributed by atoms with Crippen LogP contribution in [0.15, 0.2) is 47.0 Å². The van der Waals surface area contributed by atoms with Crippen LogP contribution in [-0.4, -0.2) is 30.6 Å². The van der Waals surface area contributed by atoms with E-state index in [0.29, 0.717) is 16.2 Å². The van der Waals surface area contributed by atoms with Gasteiger partial charge in [0.25, 0.3) is 0 Å². The summed E-state index contributed by atoms with van der Waals surface area (Å²) in [6.07, 6.45) is 3.50. The van der Waals surface area contributed by atoms with Gasteiger partial charge in [0.15, 0.2) is 11.0 Å². The molecule has 3 heterocycles. The number of aryl methyl sites for hydroxylation is 1. The first kappa shape index (κ1) is 17.5. The number of hydrogen-bond acceptors (Lipinski definition) is 5. The molecule has 0 saturated carbocycles. The summed E-state index contributed by atoms with van der Waals surface area (Å²) in [5, 5.41) is 14.2. The van der Waals surface area contributed by atoms with Crippen molar-refractivity contribution in [3.8, 4) is 16.5 Å². The Hall–Kier alpha value is -2.91. The number of aromatic nitrogens is 5. The Morgan fingerprint density at radius 1 is 1.30 bits per heavy atom. The van der Waals surface area contributed by atoms with Crippen LogP contribution in [-0.2, 0) is 0 Å². The van der Waals surface area contributed by atoms with E-state index in [-0.39, 0.29) is 5.82 Å². The average molecular weight is 398 g/mol. The minimum atomic E-state index is -0.344. The molecule has 0 aliphatic carbocycles. The smallest absolute Gasteiger partial charge is 0.216 e. The summed E-state index contributed by atoms with van der Waals surface area (Å²) in [6, 6.07) is 8.19. The van der Waals surface area contributed by atoms with E-state index in [9.17, 15) is 4.39 Å². The summed E-state index contributed by atoms with van der Waals surface area (Å²) >= 11 is 6.85. The van der Waals surface area contributed by atoms with Crippen LogP contribution < -0.4 is 0 Å². The van der Waals surface area contributed by atoms with Crippen LogP contribution in [0.3, 0.4) is 0 Å². The van der Waals surface area contributed by atoms with E-state index in [1.54, 1.807) is 35.9 Å². The number of rotatable bonds is 4. The number of hydrogen-bond donors (Lipinski definition) is 1. The van der Waals surface area contributed by atoms with Gasteiger partial charge in [-0.25, -0.2) is 14.5 Å². The van der Waals surface area contributed by atoms with Crippen molar-refractivity contribution in [2.45, 2.75) is 13.8 Å². The Balaban J connectivity index is 1.74. The second kappa shape index (κ2) is 7.01. The molecule has 0 atom stereocenters. The van der Waals surface area contributed by atoms with Gasteiger partial charge in [0.1, 0.15) is 5.82 Å². The van der Waals surface area contributed by atoms with Crippen molar-refractivity contribution in [3.63, 3.8) is 0 Å². The maximum absolute atomic E-state index is 13.6. The van der Waals surface area contributed by atoms with E-state index in [2.05, 4.69) is 24.8 Å². The van der Waals surface area contributed by atoms with Gasteiger partial charge in [-0.2, -0.15) is 14.9 Å². The largest absolute Gasteiger partial charge is 0.294 e. The number of benzene rings is 1. The van der Waals surface area contributed by atoms with Gasteiger partial charge < -0.3 is 0 Å². The zero-order valence-electron chi connectivity index (χ0n) is 14.5. The van der Waals surface area contributed by atoms with Gasteiger partial charge in [-0.15, -0.1) is 11.3 Å². The second-order valence-corrected chi connectivity index (χ2v) is 7.16. The van der Waals surface area contributed by atoms with E-state index in [4.69, 9.17) is 12.2 Å². The SMILES string of the molecule is Cc1cc(/C=N\n2c(-c3cccc(F)c3)n[nH]c2=S)c(C)n1-c1nccs1. The van der Waals surface area contributed by atoms with Crippen LogP contribution in [0.25, 0.3) is 16.5 Å². The van der Waals surface area contributed by atoms with Crippen molar-refractivity contribution in [1.82, 2.24) is 24.4 Å². The first-order valence-corrected chi connectivity index (χ1v) is 9.40. The molecule has 0 fully saturated rings. The highest BCUT2D eigenvalue weighted by atomic mass is 32.1.